The van der Waals surface area contributed by atoms with Crippen molar-refractivity contribution in [1.82, 2.24) is 0 Å². The first-order valence-electron chi connectivity index (χ1n) is 6.16. The average molecular weight is 286 g/mol. The number of rotatable bonds is 5. The summed E-state index contributed by atoms with van der Waals surface area (Å²) in [6.45, 7) is 0. The maximum atomic E-state index is 10.9. The van der Waals surface area contributed by atoms with Crippen LogP contribution in [0.5, 0.6) is 5.75 Å². The summed E-state index contributed by atoms with van der Waals surface area (Å²) in [6, 6.07) is 13.5. The highest BCUT2D eigenvalue weighted by atomic mass is 16.6. The number of methoxy groups -OCH3 is 1. The van der Waals surface area contributed by atoms with E-state index in [1.54, 1.807) is 31.4 Å². The highest BCUT2D eigenvalue weighted by molar-refractivity contribution is 6.12. The van der Waals surface area contributed by atoms with Crippen LogP contribution in [0, 0.1) is 10.1 Å². The minimum Gasteiger partial charge on any atom is -0.497 e. The van der Waals surface area contributed by atoms with Crippen LogP contribution in [0.1, 0.15) is 11.1 Å². The smallest absolute Gasteiger partial charge is 0.270 e. The van der Waals surface area contributed by atoms with Crippen LogP contribution in [-0.2, 0) is 4.84 Å². The van der Waals surface area contributed by atoms with Gasteiger partial charge in [0, 0.05) is 23.3 Å². The molecule has 0 spiro atoms. The molecule has 0 bridgehead atoms. The molecule has 0 N–H and O–H groups in total. The Morgan fingerprint density at radius 1 is 1.10 bits per heavy atom. The van der Waals surface area contributed by atoms with Gasteiger partial charge in [-0.1, -0.05) is 17.3 Å². The van der Waals surface area contributed by atoms with Crippen molar-refractivity contribution in [3.63, 3.8) is 0 Å². The Hall–Kier alpha value is -2.89. The van der Waals surface area contributed by atoms with Crippen molar-refractivity contribution in [2.75, 3.05) is 14.2 Å². The molecule has 0 atom stereocenters. The second-order valence-electron chi connectivity index (χ2n) is 4.16. The van der Waals surface area contributed by atoms with Gasteiger partial charge in [0.15, 0.2) is 0 Å². The number of nitro benzene ring substituents is 1. The van der Waals surface area contributed by atoms with E-state index in [0.29, 0.717) is 11.3 Å². The Morgan fingerprint density at radius 2 is 1.81 bits per heavy atom. The van der Waals surface area contributed by atoms with Crippen molar-refractivity contribution in [2.45, 2.75) is 0 Å². The molecule has 0 heterocycles. The average Bonchev–Trinajstić information content (AvgIpc) is 2.53. The molecule has 0 fully saturated rings. The van der Waals surface area contributed by atoms with Gasteiger partial charge in [-0.05, 0) is 24.3 Å². The highest BCUT2D eigenvalue weighted by Gasteiger charge is 2.12. The summed E-state index contributed by atoms with van der Waals surface area (Å²) >= 11 is 0. The molecule has 0 unspecified atom stereocenters. The van der Waals surface area contributed by atoms with E-state index in [4.69, 9.17) is 9.57 Å². The fourth-order valence-corrected chi connectivity index (χ4v) is 1.88. The summed E-state index contributed by atoms with van der Waals surface area (Å²) in [5.74, 6) is 0.717. The molecule has 0 aromatic heterocycles. The predicted molar refractivity (Wildman–Crippen MR) is 78.7 cm³/mol. The standard InChI is InChI=1S/C15H14N2O4/c1-20-14-8-6-11(7-9-14)15(16-21-2)12-4-3-5-13(10-12)17(18)19/h3-10H,1-2H3. The molecule has 6 heteroatoms. The number of hydrogen-bond acceptors (Lipinski definition) is 5. The molecule has 21 heavy (non-hydrogen) atoms. The fraction of sp³-hybridized carbons (Fsp3) is 0.133. The van der Waals surface area contributed by atoms with Crippen LogP contribution in [0.4, 0.5) is 5.69 Å². The van der Waals surface area contributed by atoms with Crippen LogP contribution in [0.15, 0.2) is 53.7 Å². The lowest BCUT2D eigenvalue weighted by Crippen LogP contribution is -2.04. The van der Waals surface area contributed by atoms with E-state index in [2.05, 4.69) is 5.16 Å². The lowest BCUT2D eigenvalue weighted by atomic mass is 10.0. The first kappa shape index (κ1) is 14.5. The van der Waals surface area contributed by atoms with Gasteiger partial charge in [0.2, 0.25) is 0 Å². The van der Waals surface area contributed by atoms with Crippen molar-refractivity contribution in [3.05, 3.63) is 69.8 Å². The summed E-state index contributed by atoms with van der Waals surface area (Å²) in [5.41, 5.74) is 1.91. The number of hydrogen-bond donors (Lipinski definition) is 0. The largest absolute Gasteiger partial charge is 0.497 e. The third-order valence-corrected chi connectivity index (χ3v) is 2.88. The molecule has 2 rings (SSSR count). The molecule has 0 saturated carbocycles. The SMILES string of the molecule is CON=C(c1ccc(OC)cc1)c1cccc([N+](=O)[O-])c1. The molecule has 0 aliphatic carbocycles. The molecule has 108 valence electrons. The lowest BCUT2D eigenvalue weighted by molar-refractivity contribution is -0.384. The predicted octanol–water partition coefficient (Wildman–Crippen LogP) is 3.00. The topological polar surface area (TPSA) is 74.0 Å². The zero-order valence-electron chi connectivity index (χ0n) is 11.6. The van der Waals surface area contributed by atoms with E-state index in [9.17, 15) is 10.1 Å². The van der Waals surface area contributed by atoms with Crippen LogP contribution in [0.25, 0.3) is 0 Å². The number of nitrogens with zero attached hydrogens (tertiary/aromatic N) is 2. The van der Waals surface area contributed by atoms with Gasteiger partial charge in [-0.15, -0.1) is 0 Å². The van der Waals surface area contributed by atoms with Crippen molar-refractivity contribution >= 4 is 11.4 Å². The second kappa shape index (κ2) is 6.51. The van der Waals surface area contributed by atoms with Gasteiger partial charge < -0.3 is 9.57 Å². The van der Waals surface area contributed by atoms with Gasteiger partial charge >= 0.3 is 0 Å². The molecule has 0 amide bonds. The summed E-state index contributed by atoms with van der Waals surface area (Å²) in [6.07, 6.45) is 0. The maximum Gasteiger partial charge on any atom is 0.270 e. The summed E-state index contributed by atoms with van der Waals surface area (Å²) in [5, 5.41) is 14.8. The summed E-state index contributed by atoms with van der Waals surface area (Å²) in [4.78, 5) is 15.3. The van der Waals surface area contributed by atoms with E-state index in [-0.39, 0.29) is 5.69 Å². The van der Waals surface area contributed by atoms with Crippen molar-refractivity contribution in [1.29, 1.82) is 0 Å². The molecule has 0 radical (unpaired) electrons. The van der Waals surface area contributed by atoms with E-state index in [1.165, 1.54) is 19.2 Å². The molecule has 6 nitrogen and oxygen atoms in total. The van der Waals surface area contributed by atoms with Crippen LogP contribution < -0.4 is 4.74 Å². The minimum absolute atomic E-state index is 0.00446. The summed E-state index contributed by atoms with van der Waals surface area (Å²) in [7, 11) is 3.01. The van der Waals surface area contributed by atoms with E-state index in [1.807, 2.05) is 12.1 Å². The minimum atomic E-state index is -0.443. The number of non-ortho nitro benzene ring substituents is 1. The van der Waals surface area contributed by atoms with Gasteiger partial charge in [0.1, 0.15) is 18.6 Å². The number of benzene rings is 2. The van der Waals surface area contributed by atoms with E-state index < -0.39 is 4.92 Å². The molecule has 0 saturated heterocycles. The Morgan fingerprint density at radius 3 is 2.38 bits per heavy atom. The molecule has 0 aliphatic heterocycles. The normalized spacial score (nSPS) is 11.0. The van der Waals surface area contributed by atoms with Gasteiger partial charge in [0.05, 0.1) is 12.0 Å². The molecular weight excluding hydrogens is 272 g/mol. The van der Waals surface area contributed by atoms with Gasteiger partial charge in [-0.2, -0.15) is 0 Å². The van der Waals surface area contributed by atoms with Crippen molar-refractivity contribution in [3.8, 4) is 5.75 Å². The van der Waals surface area contributed by atoms with Crippen LogP contribution in [0.2, 0.25) is 0 Å². The van der Waals surface area contributed by atoms with Crippen LogP contribution in [0.3, 0.4) is 0 Å². The fourth-order valence-electron chi connectivity index (χ4n) is 1.88. The molecule has 2 aromatic rings. The first-order chi connectivity index (χ1) is 10.2. The third kappa shape index (κ3) is 3.36. The third-order valence-electron chi connectivity index (χ3n) is 2.88. The molecule has 2 aromatic carbocycles. The van der Waals surface area contributed by atoms with Gasteiger partial charge in [0.25, 0.3) is 5.69 Å². The maximum absolute atomic E-state index is 10.9. The van der Waals surface area contributed by atoms with Gasteiger partial charge in [-0.25, -0.2) is 0 Å². The van der Waals surface area contributed by atoms with Gasteiger partial charge in [-0.3, -0.25) is 10.1 Å². The van der Waals surface area contributed by atoms with Crippen molar-refractivity contribution < 1.29 is 14.5 Å². The number of ether oxygens (including phenoxy) is 1. The molecular formula is C15H14N2O4. The lowest BCUT2D eigenvalue weighted by Gasteiger charge is -2.07. The molecule has 0 aliphatic rings. The zero-order valence-corrected chi connectivity index (χ0v) is 11.6. The Balaban J connectivity index is 2.45. The highest BCUT2D eigenvalue weighted by Crippen LogP contribution is 2.19. The van der Waals surface area contributed by atoms with Crippen LogP contribution >= 0.6 is 0 Å². The van der Waals surface area contributed by atoms with E-state index >= 15 is 0 Å². The summed E-state index contributed by atoms with van der Waals surface area (Å²) < 4.78 is 5.10. The number of oxime groups is 1. The quantitative estimate of drug-likeness (QED) is 0.481. The Labute approximate surface area is 121 Å². The Bertz CT molecular complexity index is 666. The van der Waals surface area contributed by atoms with E-state index in [0.717, 1.165) is 11.3 Å². The number of nitro groups is 1. The monoisotopic (exact) mass is 286 g/mol. The Kier molecular flexibility index (Phi) is 4.50. The zero-order chi connectivity index (χ0) is 15.2. The van der Waals surface area contributed by atoms with Crippen LogP contribution in [-0.4, -0.2) is 24.9 Å². The first-order valence-corrected chi connectivity index (χ1v) is 6.16. The second-order valence-corrected chi connectivity index (χ2v) is 4.16. The van der Waals surface area contributed by atoms with Crippen molar-refractivity contribution in [2.24, 2.45) is 5.16 Å².